The van der Waals surface area contributed by atoms with E-state index in [1.165, 1.54) is 14.2 Å². The van der Waals surface area contributed by atoms with E-state index in [1.807, 2.05) is 0 Å². The lowest BCUT2D eigenvalue weighted by Crippen LogP contribution is -2.27. The van der Waals surface area contributed by atoms with E-state index in [9.17, 15) is 9.59 Å². The molecule has 0 N–H and O–H groups in total. The predicted octanol–water partition coefficient (Wildman–Crippen LogP) is 1.46. The minimum atomic E-state index is -0.993. The topological polar surface area (TPSA) is 61.8 Å². The van der Waals surface area contributed by atoms with Crippen LogP contribution in [0.2, 0.25) is 0 Å². The van der Waals surface area contributed by atoms with E-state index in [-0.39, 0.29) is 12.2 Å². The van der Waals surface area contributed by atoms with Crippen molar-refractivity contribution in [3.8, 4) is 5.75 Å². The monoisotopic (exact) mass is 252 g/mol. The van der Waals surface area contributed by atoms with Crippen LogP contribution in [0.15, 0.2) is 24.3 Å². The zero-order valence-electron chi connectivity index (χ0n) is 10.6. The van der Waals surface area contributed by atoms with Crippen molar-refractivity contribution in [2.45, 2.75) is 12.7 Å². The van der Waals surface area contributed by atoms with Crippen molar-refractivity contribution in [3.05, 3.63) is 29.8 Å². The number of carbonyl (C=O) groups is 2. The van der Waals surface area contributed by atoms with Gasteiger partial charge in [0.15, 0.2) is 11.6 Å². The summed E-state index contributed by atoms with van der Waals surface area (Å²) in [6, 6.07) is 6.57. The Bertz CT molecular complexity index is 406. The molecule has 0 aromatic heterocycles. The molecular formula is C13H16O5. The quantitative estimate of drug-likeness (QED) is 0.417. The molecule has 1 aromatic rings. The van der Waals surface area contributed by atoms with Crippen LogP contribution in [0.4, 0.5) is 0 Å². The van der Waals surface area contributed by atoms with E-state index >= 15 is 0 Å². The number of hydrogen-bond acceptors (Lipinski definition) is 5. The minimum Gasteiger partial charge on any atom is -0.497 e. The minimum absolute atomic E-state index is 0.251. The molecule has 5 nitrogen and oxygen atoms in total. The first kappa shape index (κ1) is 14.3. The van der Waals surface area contributed by atoms with E-state index in [1.54, 1.807) is 31.4 Å². The second kappa shape index (κ2) is 6.88. The van der Waals surface area contributed by atoms with Crippen LogP contribution in [-0.2, 0) is 14.3 Å². The second-order valence-electron chi connectivity index (χ2n) is 3.60. The lowest BCUT2D eigenvalue weighted by Gasteiger charge is -2.11. The highest BCUT2D eigenvalue weighted by Gasteiger charge is 2.20. The molecule has 0 aliphatic rings. The lowest BCUT2D eigenvalue weighted by atomic mass is 10.1. The molecule has 0 saturated carbocycles. The molecule has 0 spiro atoms. The van der Waals surface area contributed by atoms with Gasteiger partial charge in [-0.1, -0.05) is 0 Å². The molecule has 0 unspecified atom stereocenters. The Morgan fingerprint density at radius 1 is 1.06 bits per heavy atom. The number of rotatable bonds is 7. The molecule has 18 heavy (non-hydrogen) atoms. The van der Waals surface area contributed by atoms with Crippen molar-refractivity contribution < 1.29 is 23.8 Å². The SMILES string of the molecule is COc1ccc(C(=O)CC(=O)C(OC)OC)cc1. The Morgan fingerprint density at radius 2 is 1.61 bits per heavy atom. The van der Waals surface area contributed by atoms with Gasteiger partial charge in [-0.15, -0.1) is 0 Å². The van der Waals surface area contributed by atoms with E-state index in [4.69, 9.17) is 14.2 Å². The normalized spacial score (nSPS) is 10.4. The highest BCUT2D eigenvalue weighted by atomic mass is 16.7. The molecule has 0 bridgehead atoms. The van der Waals surface area contributed by atoms with Crippen LogP contribution >= 0.6 is 0 Å². The summed E-state index contributed by atoms with van der Waals surface area (Å²) in [4.78, 5) is 23.4. The molecule has 0 saturated heterocycles. The van der Waals surface area contributed by atoms with Crippen molar-refractivity contribution in [3.63, 3.8) is 0 Å². The Labute approximate surface area is 106 Å². The molecule has 0 heterocycles. The number of carbonyl (C=O) groups excluding carboxylic acids is 2. The number of ketones is 2. The highest BCUT2D eigenvalue weighted by Crippen LogP contribution is 2.13. The fourth-order valence-corrected chi connectivity index (χ4v) is 1.48. The predicted molar refractivity (Wildman–Crippen MR) is 64.8 cm³/mol. The smallest absolute Gasteiger partial charge is 0.217 e. The molecule has 98 valence electrons. The maximum absolute atomic E-state index is 11.8. The molecule has 0 fully saturated rings. The molecule has 0 aliphatic heterocycles. The first-order chi connectivity index (χ1) is 8.62. The fourth-order valence-electron chi connectivity index (χ4n) is 1.48. The maximum atomic E-state index is 11.8. The average molecular weight is 252 g/mol. The molecular weight excluding hydrogens is 236 g/mol. The van der Waals surface area contributed by atoms with Gasteiger partial charge in [-0.05, 0) is 24.3 Å². The van der Waals surface area contributed by atoms with Crippen molar-refractivity contribution >= 4 is 11.6 Å². The van der Waals surface area contributed by atoms with E-state index < -0.39 is 12.1 Å². The van der Waals surface area contributed by atoms with E-state index in [0.29, 0.717) is 11.3 Å². The van der Waals surface area contributed by atoms with E-state index in [0.717, 1.165) is 0 Å². The van der Waals surface area contributed by atoms with Crippen LogP contribution in [0.5, 0.6) is 5.75 Å². The summed E-state index contributed by atoms with van der Waals surface area (Å²) in [5.41, 5.74) is 0.454. The van der Waals surface area contributed by atoms with Gasteiger partial charge in [0.2, 0.25) is 6.29 Å². The van der Waals surface area contributed by atoms with Crippen LogP contribution in [0.1, 0.15) is 16.8 Å². The number of benzene rings is 1. The van der Waals surface area contributed by atoms with Gasteiger partial charge in [-0.2, -0.15) is 0 Å². The third-order valence-electron chi connectivity index (χ3n) is 2.44. The molecule has 5 heteroatoms. The van der Waals surface area contributed by atoms with Crippen LogP contribution in [0.25, 0.3) is 0 Å². The van der Waals surface area contributed by atoms with Gasteiger partial charge in [0.25, 0.3) is 0 Å². The number of methoxy groups -OCH3 is 3. The summed E-state index contributed by atoms with van der Waals surface area (Å²) >= 11 is 0. The van der Waals surface area contributed by atoms with Crippen LogP contribution < -0.4 is 4.74 Å². The first-order valence-corrected chi connectivity index (χ1v) is 5.38. The zero-order chi connectivity index (χ0) is 13.5. The third kappa shape index (κ3) is 3.65. The summed E-state index contributed by atoms with van der Waals surface area (Å²) in [5.74, 6) is -0.0212. The van der Waals surface area contributed by atoms with Gasteiger partial charge in [-0.3, -0.25) is 9.59 Å². The van der Waals surface area contributed by atoms with Crippen molar-refractivity contribution in [1.29, 1.82) is 0 Å². The molecule has 0 aliphatic carbocycles. The Hall–Kier alpha value is -1.72. The van der Waals surface area contributed by atoms with Gasteiger partial charge < -0.3 is 14.2 Å². The van der Waals surface area contributed by atoms with Crippen molar-refractivity contribution in [2.75, 3.05) is 21.3 Å². The van der Waals surface area contributed by atoms with Gasteiger partial charge in [0.05, 0.1) is 13.5 Å². The Kier molecular flexibility index (Phi) is 5.48. The van der Waals surface area contributed by atoms with Gasteiger partial charge in [0.1, 0.15) is 5.75 Å². The Morgan fingerprint density at radius 3 is 2.06 bits per heavy atom. The van der Waals surface area contributed by atoms with Crippen molar-refractivity contribution in [1.82, 2.24) is 0 Å². The standard InChI is InChI=1S/C13H16O5/c1-16-10-6-4-9(5-7-10)11(14)8-12(15)13(17-2)18-3/h4-7,13H,8H2,1-3H3. The van der Waals surface area contributed by atoms with Crippen LogP contribution in [-0.4, -0.2) is 39.2 Å². The fraction of sp³-hybridized carbons (Fsp3) is 0.385. The molecule has 0 radical (unpaired) electrons. The number of Topliss-reactive ketones (excluding diaryl/α,β-unsaturated/α-hetero) is 2. The van der Waals surface area contributed by atoms with E-state index in [2.05, 4.69) is 0 Å². The highest BCUT2D eigenvalue weighted by molar-refractivity contribution is 6.08. The number of ether oxygens (including phenoxy) is 3. The summed E-state index contributed by atoms with van der Waals surface area (Å²) in [7, 11) is 4.25. The lowest BCUT2D eigenvalue weighted by molar-refractivity contribution is -0.155. The Balaban J connectivity index is 2.67. The molecule has 1 aromatic carbocycles. The molecule has 0 amide bonds. The van der Waals surface area contributed by atoms with Gasteiger partial charge in [-0.25, -0.2) is 0 Å². The summed E-state index contributed by atoms with van der Waals surface area (Å²) in [6.07, 6.45) is -1.24. The third-order valence-corrected chi connectivity index (χ3v) is 2.44. The van der Waals surface area contributed by atoms with Gasteiger partial charge >= 0.3 is 0 Å². The average Bonchev–Trinajstić information content (AvgIpc) is 2.40. The van der Waals surface area contributed by atoms with Crippen molar-refractivity contribution in [2.24, 2.45) is 0 Å². The summed E-state index contributed by atoms with van der Waals surface area (Å²) < 4.78 is 14.6. The van der Waals surface area contributed by atoms with Gasteiger partial charge in [0, 0.05) is 19.8 Å². The zero-order valence-corrected chi connectivity index (χ0v) is 10.6. The summed E-state index contributed by atoms with van der Waals surface area (Å²) in [6.45, 7) is 0. The van der Waals surface area contributed by atoms with Crippen LogP contribution in [0, 0.1) is 0 Å². The maximum Gasteiger partial charge on any atom is 0.217 e. The van der Waals surface area contributed by atoms with Crippen LogP contribution in [0.3, 0.4) is 0 Å². The molecule has 1 rings (SSSR count). The largest absolute Gasteiger partial charge is 0.497 e. The second-order valence-corrected chi connectivity index (χ2v) is 3.60. The molecule has 0 atom stereocenters. The number of hydrogen-bond donors (Lipinski definition) is 0. The first-order valence-electron chi connectivity index (χ1n) is 5.38. The summed E-state index contributed by atoms with van der Waals surface area (Å²) in [5, 5.41) is 0.